The molecule has 0 saturated carbocycles. The van der Waals surface area contributed by atoms with E-state index >= 15 is 0 Å². The van der Waals surface area contributed by atoms with E-state index in [0.29, 0.717) is 18.8 Å². The standard InChI is InChI=1S/C32H37N5O8/c33-23-11-9-19-8-10-20(16-22(19)23)44-17-27(39)34-14-3-1-2-4-15-35-28(40)18-45-25-7-5-6-21-29(25)32(43)37(31(21)42)24-12-13-26(38)36-30(24)41/h5-8,10,16,23-24H,1-4,9,11-15,17-18,33H2,(H,34,39)(H,35,40)(H,36,38,41)/t23-,24?/m1/s1. The molecule has 0 spiro atoms. The molecule has 1 saturated heterocycles. The molecule has 2 aliphatic heterocycles. The highest BCUT2D eigenvalue weighted by molar-refractivity contribution is 6.24. The van der Waals surface area contributed by atoms with Crippen LogP contribution in [-0.4, -0.2) is 72.7 Å². The summed E-state index contributed by atoms with van der Waals surface area (Å²) in [7, 11) is 0. The number of carbonyl (C=O) groups is 6. The summed E-state index contributed by atoms with van der Waals surface area (Å²) in [5, 5.41) is 7.77. The van der Waals surface area contributed by atoms with Crippen LogP contribution in [0.5, 0.6) is 11.5 Å². The van der Waals surface area contributed by atoms with Crippen LogP contribution in [0.15, 0.2) is 36.4 Å². The first-order chi connectivity index (χ1) is 21.7. The minimum Gasteiger partial charge on any atom is -0.484 e. The summed E-state index contributed by atoms with van der Waals surface area (Å²) in [6, 6.07) is 9.20. The lowest BCUT2D eigenvalue weighted by atomic mass is 10.0. The molecule has 0 bridgehead atoms. The lowest BCUT2D eigenvalue weighted by Gasteiger charge is -2.27. The molecule has 5 N–H and O–H groups in total. The molecule has 1 fully saturated rings. The molecule has 2 atom stereocenters. The van der Waals surface area contributed by atoms with Gasteiger partial charge in [-0.1, -0.05) is 25.0 Å². The average molecular weight is 620 g/mol. The SMILES string of the molecule is N[C@@H]1CCc2ccc(OCC(=O)NCCCCCCNC(=O)COc3cccc4c3C(=O)N(C3CCC(=O)NC3=O)C4=O)cc21. The van der Waals surface area contributed by atoms with Crippen molar-refractivity contribution < 1.29 is 38.2 Å². The van der Waals surface area contributed by atoms with Crippen LogP contribution in [0, 0.1) is 0 Å². The van der Waals surface area contributed by atoms with E-state index < -0.39 is 29.7 Å². The highest BCUT2D eigenvalue weighted by Gasteiger charge is 2.46. The van der Waals surface area contributed by atoms with Crippen LogP contribution in [0.4, 0.5) is 0 Å². The van der Waals surface area contributed by atoms with E-state index in [9.17, 15) is 28.8 Å². The van der Waals surface area contributed by atoms with Crippen molar-refractivity contribution in [2.24, 2.45) is 5.73 Å². The van der Waals surface area contributed by atoms with Gasteiger partial charge >= 0.3 is 0 Å². The van der Waals surface area contributed by atoms with Gasteiger partial charge in [0.2, 0.25) is 11.8 Å². The van der Waals surface area contributed by atoms with E-state index in [1.165, 1.54) is 23.8 Å². The summed E-state index contributed by atoms with van der Waals surface area (Å²) in [5.41, 5.74) is 8.50. The summed E-state index contributed by atoms with van der Waals surface area (Å²) in [6.07, 6.45) is 5.21. The fourth-order valence-electron chi connectivity index (χ4n) is 5.76. The van der Waals surface area contributed by atoms with Gasteiger partial charge in [0.1, 0.15) is 17.5 Å². The van der Waals surface area contributed by atoms with Crippen molar-refractivity contribution in [3.05, 3.63) is 58.7 Å². The third kappa shape index (κ3) is 7.48. The Hall–Kier alpha value is -4.78. The first kappa shape index (κ1) is 31.6. The van der Waals surface area contributed by atoms with Crippen LogP contribution >= 0.6 is 0 Å². The number of nitrogens with one attached hydrogen (secondary N) is 3. The fourth-order valence-corrected chi connectivity index (χ4v) is 5.76. The maximum Gasteiger partial charge on any atom is 0.266 e. The minimum atomic E-state index is -1.09. The number of piperidine rings is 1. The Morgan fingerprint density at radius 2 is 1.58 bits per heavy atom. The lowest BCUT2D eigenvalue weighted by molar-refractivity contribution is -0.136. The van der Waals surface area contributed by atoms with Crippen molar-refractivity contribution in [1.82, 2.24) is 20.9 Å². The number of hydrogen-bond acceptors (Lipinski definition) is 9. The average Bonchev–Trinajstić information content (AvgIpc) is 3.52. The molecular weight excluding hydrogens is 582 g/mol. The van der Waals surface area contributed by atoms with Crippen molar-refractivity contribution >= 4 is 35.4 Å². The highest BCUT2D eigenvalue weighted by atomic mass is 16.5. The summed E-state index contributed by atoms with van der Waals surface area (Å²) in [4.78, 5) is 75.1. The van der Waals surface area contributed by atoms with Crippen LogP contribution in [0.3, 0.4) is 0 Å². The van der Waals surface area contributed by atoms with Gasteiger partial charge in [-0.15, -0.1) is 0 Å². The van der Waals surface area contributed by atoms with Crippen LogP contribution in [-0.2, 0) is 25.6 Å². The third-order valence-corrected chi connectivity index (χ3v) is 8.15. The molecule has 3 aliphatic rings. The second-order valence-corrected chi connectivity index (χ2v) is 11.3. The molecule has 13 nitrogen and oxygen atoms in total. The third-order valence-electron chi connectivity index (χ3n) is 8.15. The molecule has 0 aromatic heterocycles. The Balaban J connectivity index is 0.948. The Kier molecular flexibility index (Phi) is 10.1. The predicted octanol–water partition coefficient (Wildman–Crippen LogP) is 1.28. The molecule has 2 aromatic carbocycles. The number of amides is 6. The number of hydrogen-bond donors (Lipinski definition) is 4. The van der Waals surface area contributed by atoms with Gasteiger partial charge in [0.05, 0.1) is 11.1 Å². The number of aryl methyl sites for hydroxylation is 1. The smallest absolute Gasteiger partial charge is 0.266 e. The van der Waals surface area contributed by atoms with Crippen molar-refractivity contribution in [3.63, 3.8) is 0 Å². The van der Waals surface area contributed by atoms with Crippen molar-refractivity contribution in [3.8, 4) is 11.5 Å². The Bertz CT molecular complexity index is 1510. The van der Waals surface area contributed by atoms with Gasteiger partial charge in [-0.2, -0.15) is 0 Å². The van der Waals surface area contributed by atoms with Crippen LogP contribution in [0.1, 0.15) is 82.8 Å². The molecule has 1 aliphatic carbocycles. The quantitative estimate of drug-likeness (QED) is 0.179. The van der Waals surface area contributed by atoms with Gasteiger partial charge in [0.15, 0.2) is 13.2 Å². The Morgan fingerprint density at radius 3 is 2.29 bits per heavy atom. The van der Waals surface area contributed by atoms with Crippen molar-refractivity contribution in [2.75, 3.05) is 26.3 Å². The van der Waals surface area contributed by atoms with Gasteiger partial charge in [-0.3, -0.25) is 39.0 Å². The molecule has 238 valence electrons. The van der Waals surface area contributed by atoms with Gasteiger partial charge in [-0.25, -0.2) is 0 Å². The molecule has 6 amide bonds. The largest absolute Gasteiger partial charge is 0.484 e. The molecule has 1 unspecified atom stereocenters. The van der Waals surface area contributed by atoms with Crippen LogP contribution in [0.2, 0.25) is 0 Å². The normalized spacial score (nSPS) is 18.7. The van der Waals surface area contributed by atoms with E-state index in [0.717, 1.165) is 49.0 Å². The summed E-state index contributed by atoms with van der Waals surface area (Å²) in [5.74, 6) is -2.36. The number of unbranched alkanes of at least 4 members (excludes halogenated alkanes) is 3. The number of imide groups is 2. The van der Waals surface area contributed by atoms with Crippen LogP contribution < -0.4 is 31.2 Å². The first-order valence-electron chi connectivity index (χ1n) is 15.2. The van der Waals surface area contributed by atoms with Crippen molar-refractivity contribution in [1.29, 1.82) is 0 Å². The summed E-state index contributed by atoms with van der Waals surface area (Å²) >= 11 is 0. The predicted molar refractivity (Wildman–Crippen MR) is 160 cm³/mol. The van der Waals surface area contributed by atoms with E-state index in [-0.39, 0.29) is 60.8 Å². The maximum atomic E-state index is 13.1. The zero-order chi connectivity index (χ0) is 31.9. The lowest BCUT2D eigenvalue weighted by Crippen LogP contribution is -2.54. The van der Waals surface area contributed by atoms with Crippen molar-refractivity contribution in [2.45, 2.75) is 63.5 Å². The molecule has 0 radical (unpaired) electrons. The number of rotatable bonds is 14. The molecular formula is C32H37N5O8. The van der Waals surface area contributed by atoms with E-state index in [4.69, 9.17) is 15.2 Å². The van der Waals surface area contributed by atoms with Crippen LogP contribution in [0.25, 0.3) is 0 Å². The van der Waals surface area contributed by atoms with E-state index in [1.54, 1.807) is 0 Å². The molecule has 45 heavy (non-hydrogen) atoms. The first-order valence-corrected chi connectivity index (χ1v) is 15.2. The molecule has 2 heterocycles. The van der Waals surface area contributed by atoms with E-state index in [1.807, 2.05) is 18.2 Å². The zero-order valence-electron chi connectivity index (χ0n) is 24.9. The van der Waals surface area contributed by atoms with E-state index in [2.05, 4.69) is 16.0 Å². The Labute approximate surface area is 260 Å². The zero-order valence-corrected chi connectivity index (χ0v) is 24.9. The molecule has 13 heteroatoms. The second-order valence-electron chi connectivity index (χ2n) is 11.3. The topological polar surface area (TPSA) is 186 Å². The highest BCUT2D eigenvalue weighted by Crippen LogP contribution is 2.34. The number of fused-ring (bicyclic) bond motifs is 2. The second kappa shape index (κ2) is 14.3. The monoisotopic (exact) mass is 619 g/mol. The van der Waals surface area contributed by atoms with Gasteiger partial charge in [0, 0.05) is 25.6 Å². The van der Waals surface area contributed by atoms with Gasteiger partial charge in [0.25, 0.3) is 23.6 Å². The van der Waals surface area contributed by atoms with Gasteiger partial charge < -0.3 is 25.8 Å². The minimum absolute atomic E-state index is 0.00776. The summed E-state index contributed by atoms with van der Waals surface area (Å²) < 4.78 is 11.2. The number of nitrogens with zero attached hydrogens (tertiary/aromatic N) is 1. The number of ether oxygens (including phenoxy) is 2. The summed E-state index contributed by atoms with van der Waals surface area (Å²) in [6.45, 7) is 0.542. The molecule has 5 rings (SSSR count). The number of carbonyl (C=O) groups excluding carboxylic acids is 6. The number of benzene rings is 2. The number of nitrogens with two attached hydrogens (primary N) is 1. The fraction of sp³-hybridized carbons (Fsp3) is 0.438. The maximum absolute atomic E-state index is 13.1. The molecule has 2 aromatic rings. The Morgan fingerprint density at radius 1 is 0.867 bits per heavy atom. The van der Waals surface area contributed by atoms with Gasteiger partial charge in [-0.05, 0) is 67.5 Å².